The molecule has 0 spiro atoms. The van der Waals surface area contributed by atoms with Gasteiger partial charge in [-0.05, 0) is 42.7 Å². The molecule has 2 unspecified atom stereocenters. The van der Waals surface area contributed by atoms with E-state index in [0.717, 1.165) is 31.4 Å². The molecule has 32 heavy (non-hydrogen) atoms. The van der Waals surface area contributed by atoms with Crippen molar-refractivity contribution in [1.29, 1.82) is 0 Å². The van der Waals surface area contributed by atoms with Gasteiger partial charge in [-0.1, -0.05) is 63.8 Å². The molecule has 1 aliphatic carbocycles. The Morgan fingerprint density at radius 1 is 0.875 bits per heavy atom. The highest BCUT2D eigenvalue weighted by molar-refractivity contribution is 5.30. The minimum atomic E-state index is -0.927. The number of unbranched alkanes of at least 4 members (excludes halogenated alkanes) is 3. The zero-order valence-corrected chi connectivity index (χ0v) is 19.6. The lowest BCUT2D eigenvalue weighted by atomic mass is 9.91. The summed E-state index contributed by atoms with van der Waals surface area (Å²) in [5.41, 5.74) is 2.10. The molecule has 3 rings (SSSR count). The maximum atomic E-state index is 14.4. The van der Waals surface area contributed by atoms with Crippen molar-refractivity contribution in [2.24, 2.45) is 5.92 Å². The van der Waals surface area contributed by atoms with Crippen molar-refractivity contribution in [2.45, 2.75) is 90.8 Å². The Morgan fingerprint density at radius 2 is 1.56 bits per heavy atom. The molecule has 5 heteroatoms. The first-order valence-electron chi connectivity index (χ1n) is 12.4. The van der Waals surface area contributed by atoms with Gasteiger partial charge in [0.2, 0.25) is 0 Å². The van der Waals surface area contributed by atoms with Crippen molar-refractivity contribution >= 4 is 0 Å². The lowest BCUT2D eigenvalue weighted by Gasteiger charge is -2.29. The molecule has 0 amide bonds. The van der Waals surface area contributed by atoms with E-state index in [1.807, 2.05) is 19.1 Å². The van der Waals surface area contributed by atoms with Gasteiger partial charge in [-0.15, -0.1) is 0 Å². The first kappa shape index (κ1) is 24.8. The van der Waals surface area contributed by atoms with E-state index in [1.165, 1.54) is 37.7 Å². The van der Waals surface area contributed by atoms with Gasteiger partial charge in [0.1, 0.15) is 18.1 Å². The molecule has 1 saturated heterocycles. The van der Waals surface area contributed by atoms with E-state index in [4.69, 9.17) is 14.2 Å². The van der Waals surface area contributed by atoms with E-state index >= 15 is 0 Å². The van der Waals surface area contributed by atoms with Gasteiger partial charge < -0.3 is 14.2 Å². The second-order valence-electron chi connectivity index (χ2n) is 8.97. The standard InChI is InChI=1S/C27H38F2O3/c1-3-5-7-8-20-11-14-23(31-18-20)22-12-9-21(10-13-22)19-32-25-16-15-24(26(28)27(25)29)30-17-6-4-2/h9-10,12-13,20,23H,3-8,11,14-19H2,1-2H3. The van der Waals surface area contributed by atoms with Crippen LogP contribution >= 0.6 is 0 Å². The Morgan fingerprint density at radius 3 is 2.19 bits per heavy atom. The highest BCUT2D eigenvalue weighted by Crippen LogP contribution is 2.35. The van der Waals surface area contributed by atoms with Crippen LogP contribution in [0.2, 0.25) is 0 Å². The molecule has 178 valence electrons. The van der Waals surface area contributed by atoms with Gasteiger partial charge >= 0.3 is 0 Å². The Balaban J connectivity index is 1.47. The second kappa shape index (κ2) is 13.0. The molecule has 0 radical (unpaired) electrons. The van der Waals surface area contributed by atoms with Gasteiger partial charge in [0.15, 0.2) is 11.7 Å². The van der Waals surface area contributed by atoms with Crippen LogP contribution in [-0.4, -0.2) is 13.2 Å². The van der Waals surface area contributed by atoms with Gasteiger partial charge in [0.05, 0.1) is 19.3 Å². The van der Waals surface area contributed by atoms with Crippen molar-refractivity contribution in [3.63, 3.8) is 0 Å². The first-order chi connectivity index (χ1) is 15.6. The number of benzene rings is 1. The monoisotopic (exact) mass is 448 g/mol. The molecule has 3 nitrogen and oxygen atoms in total. The van der Waals surface area contributed by atoms with E-state index in [1.54, 1.807) is 0 Å². The molecule has 1 aliphatic heterocycles. The summed E-state index contributed by atoms with van der Waals surface area (Å²) in [6.07, 6.45) is 9.98. The Bertz CT molecular complexity index is 762. The number of allylic oxidation sites excluding steroid dienone is 4. The third kappa shape index (κ3) is 7.06. The highest BCUT2D eigenvalue weighted by atomic mass is 19.2. The summed E-state index contributed by atoms with van der Waals surface area (Å²) in [7, 11) is 0. The molecule has 2 aliphatic rings. The van der Waals surface area contributed by atoms with Crippen molar-refractivity contribution in [1.82, 2.24) is 0 Å². The third-order valence-corrected chi connectivity index (χ3v) is 6.39. The van der Waals surface area contributed by atoms with Crippen LogP contribution < -0.4 is 0 Å². The summed E-state index contributed by atoms with van der Waals surface area (Å²) in [6.45, 7) is 5.74. The lowest BCUT2D eigenvalue weighted by molar-refractivity contribution is -0.0199. The van der Waals surface area contributed by atoms with Gasteiger partial charge in [0, 0.05) is 12.8 Å². The van der Waals surface area contributed by atoms with E-state index in [-0.39, 0.29) is 24.2 Å². The van der Waals surface area contributed by atoms with Crippen LogP contribution in [0, 0.1) is 5.92 Å². The fourth-order valence-corrected chi connectivity index (χ4v) is 4.28. The number of halogens is 2. The van der Waals surface area contributed by atoms with Crippen LogP contribution in [0.15, 0.2) is 47.4 Å². The lowest BCUT2D eigenvalue weighted by Crippen LogP contribution is -2.20. The van der Waals surface area contributed by atoms with E-state index in [0.29, 0.717) is 25.4 Å². The summed E-state index contributed by atoms with van der Waals surface area (Å²) < 4.78 is 45.7. The van der Waals surface area contributed by atoms with Crippen molar-refractivity contribution in [3.05, 3.63) is 58.6 Å². The third-order valence-electron chi connectivity index (χ3n) is 6.39. The van der Waals surface area contributed by atoms with Gasteiger partial charge in [-0.25, -0.2) is 0 Å². The maximum absolute atomic E-state index is 14.4. The summed E-state index contributed by atoms with van der Waals surface area (Å²) in [5, 5.41) is 0. The zero-order chi connectivity index (χ0) is 22.8. The van der Waals surface area contributed by atoms with Crippen molar-refractivity contribution in [3.8, 4) is 0 Å². The predicted octanol–water partition coefficient (Wildman–Crippen LogP) is 8.22. The van der Waals surface area contributed by atoms with Crippen LogP contribution in [0.4, 0.5) is 8.78 Å². The highest BCUT2D eigenvalue weighted by Gasteiger charge is 2.25. The van der Waals surface area contributed by atoms with Gasteiger partial charge in [0.25, 0.3) is 0 Å². The Labute approximate surface area is 191 Å². The van der Waals surface area contributed by atoms with Crippen LogP contribution in [0.5, 0.6) is 0 Å². The minimum Gasteiger partial charge on any atom is -0.495 e. The summed E-state index contributed by atoms with van der Waals surface area (Å²) in [6, 6.07) is 8.09. The molecule has 1 aromatic carbocycles. The first-order valence-corrected chi connectivity index (χ1v) is 12.4. The fourth-order valence-electron chi connectivity index (χ4n) is 4.28. The molecule has 0 bridgehead atoms. The van der Waals surface area contributed by atoms with Gasteiger partial charge in [-0.3, -0.25) is 0 Å². The second-order valence-corrected chi connectivity index (χ2v) is 8.97. The van der Waals surface area contributed by atoms with Gasteiger partial charge in [-0.2, -0.15) is 8.78 Å². The molecular weight excluding hydrogens is 410 g/mol. The largest absolute Gasteiger partial charge is 0.495 e. The van der Waals surface area contributed by atoms with Crippen LogP contribution in [0.1, 0.15) is 95.3 Å². The molecule has 1 fully saturated rings. The molecule has 1 aromatic rings. The van der Waals surface area contributed by atoms with Crippen LogP contribution in [0.25, 0.3) is 0 Å². The Hall–Kier alpha value is -1.88. The molecule has 0 saturated carbocycles. The molecule has 2 atom stereocenters. The van der Waals surface area contributed by atoms with Crippen LogP contribution in [-0.2, 0) is 20.8 Å². The summed E-state index contributed by atoms with van der Waals surface area (Å²) in [4.78, 5) is 0. The van der Waals surface area contributed by atoms with E-state index < -0.39 is 11.7 Å². The topological polar surface area (TPSA) is 27.7 Å². The minimum absolute atomic E-state index is 0.0687. The normalized spacial score (nSPS) is 21.8. The number of hydrogen-bond acceptors (Lipinski definition) is 3. The fraction of sp³-hybridized carbons (Fsp3) is 0.630. The smallest absolute Gasteiger partial charge is 0.199 e. The zero-order valence-electron chi connectivity index (χ0n) is 19.6. The molecular formula is C27H38F2O3. The average molecular weight is 449 g/mol. The maximum Gasteiger partial charge on any atom is 0.199 e. The Kier molecular flexibility index (Phi) is 10.0. The average Bonchev–Trinajstić information content (AvgIpc) is 2.82. The van der Waals surface area contributed by atoms with E-state index in [9.17, 15) is 8.78 Å². The van der Waals surface area contributed by atoms with Crippen molar-refractivity contribution in [2.75, 3.05) is 13.2 Å². The quantitative estimate of drug-likeness (QED) is 0.301. The number of ether oxygens (including phenoxy) is 3. The summed E-state index contributed by atoms with van der Waals surface area (Å²) >= 11 is 0. The molecule has 1 heterocycles. The SMILES string of the molecule is CCCCCC1CCC(c2ccc(COC3=C(F)C(F)=C(OCCCC)CC3)cc2)OC1. The molecule has 0 N–H and O–H groups in total. The van der Waals surface area contributed by atoms with Crippen LogP contribution in [0.3, 0.4) is 0 Å². The summed E-state index contributed by atoms with van der Waals surface area (Å²) in [5.74, 6) is -0.980. The molecule has 0 aromatic heterocycles. The predicted molar refractivity (Wildman–Crippen MR) is 123 cm³/mol. The number of rotatable bonds is 12. The number of hydrogen-bond donors (Lipinski definition) is 0. The van der Waals surface area contributed by atoms with Crippen molar-refractivity contribution < 1.29 is 23.0 Å². The van der Waals surface area contributed by atoms with E-state index in [2.05, 4.69) is 19.1 Å².